The summed E-state index contributed by atoms with van der Waals surface area (Å²) in [4.78, 5) is 11.5. The zero-order valence-corrected chi connectivity index (χ0v) is 22.3. The fourth-order valence-corrected chi connectivity index (χ4v) is 4.16. The zero-order valence-electron chi connectivity index (χ0n) is 19.4. The van der Waals surface area contributed by atoms with Crippen molar-refractivity contribution in [1.82, 2.24) is 0 Å². The smallest absolute Gasteiger partial charge is 0.756 e. The van der Waals surface area contributed by atoms with Gasteiger partial charge in [0.15, 0.2) is 0 Å². The summed E-state index contributed by atoms with van der Waals surface area (Å²) >= 11 is 0. The summed E-state index contributed by atoms with van der Waals surface area (Å²) in [6, 6.07) is 0. The first-order valence-corrected chi connectivity index (χ1v) is 13.1. The van der Waals surface area contributed by atoms with Gasteiger partial charge in [0.25, 0.3) is 7.82 Å². The van der Waals surface area contributed by atoms with Crippen molar-refractivity contribution in [3.63, 3.8) is 0 Å². The SMILES string of the molecule is CCCCCCCCCCCCCCCCCCOP(=O)([O-])OC(C)CC.[Na+]. The Hall–Kier alpha value is 1.11. The van der Waals surface area contributed by atoms with Crippen LogP contribution < -0.4 is 34.5 Å². The van der Waals surface area contributed by atoms with E-state index in [2.05, 4.69) is 6.92 Å². The average molecular weight is 429 g/mol. The van der Waals surface area contributed by atoms with Crippen molar-refractivity contribution in [3.8, 4) is 0 Å². The summed E-state index contributed by atoms with van der Waals surface area (Å²) in [6.45, 7) is 6.14. The molecule has 0 aliphatic rings. The molecule has 0 bridgehead atoms. The summed E-state index contributed by atoms with van der Waals surface area (Å²) in [6.07, 6.45) is 21.2. The van der Waals surface area contributed by atoms with Crippen molar-refractivity contribution in [1.29, 1.82) is 0 Å². The second kappa shape index (κ2) is 22.8. The predicted octanol–water partition coefficient (Wildman–Crippen LogP) is 4.55. The molecule has 0 rings (SSSR count). The van der Waals surface area contributed by atoms with E-state index in [0.717, 1.165) is 19.3 Å². The van der Waals surface area contributed by atoms with Crippen LogP contribution in [0.25, 0.3) is 0 Å². The van der Waals surface area contributed by atoms with Crippen LogP contribution in [0.4, 0.5) is 0 Å². The maximum atomic E-state index is 11.5. The summed E-state index contributed by atoms with van der Waals surface area (Å²) in [5, 5.41) is 0. The van der Waals surface area contributed by atoms with Gasteiger partial charge >= 0.3 is 29.6 Å². The molecular formula is C22H46NaO4P. The van der Waals surface area contributed by atoms with Crippen LogP contribution in [0.5, 0.6) is 0 Å². The summed E-state index contributed by atoms with van der Waals surface area (Å²) in [7, 11) is -4.11. The van der Waals surface area contributed by atoms with E-state index < -0.39 is 7.82 Å². The first-order valence-electron chi connectivity index (χ1n) is 11.7. The van der Waals surface area contributed by atoms with E-state index in [1.807, 2.05) is 6.92 Å². The van der Waals surface area contributed by atoms with Gasteiger partial charge in [0.2, 0.25) is 0 Å². The van der Waals surface area contributed by atoms with E-state index in [1.54, 1.807) is 6.92 Å². The third kappa shape index (κ3) is 23.4. The Morgan fingerprint density at radius 1 is 0.714 bits per heavy atom. The molecule has 0 radical (unpaired) electrons. The van der Waals surface area contributed by atoms with E-state index in [9.17, 15) is 9.46 Å². The summed E-state index contributed by atoms with van der Waals surface area (Å²) < 4.78 is 21.3. The molecule has 0 amide bonds. The van der Waals surface area contributed by atoms with E-state index >= 15 is 0 Å². The molecule has 0 aromatic carbocycles. The Kier molecular flexibility index (Phi) is 25.5. The quantitative estimate of drug-likeness (QED) is 0.153. The standard InChI is InChI=1S/C22H47O4P.Na/c1-4-6-7-8-9-10-11-12-13-14-15-16-17-18-19-20-21-25-27(23,24)26-22(3)5-2;/h22H,4-21H2,1-3H3,(H,23,24);/q;+1/p-1. The molecule has 164 valence electrons. The molecule has 0 spiro atoms. The molecule has 2 atom stereocenters. The summed E-state index contributed by atoms with van der Waals surface area (Å²) in [5.41, 5.74) is 0. The molecule has 0 fully saturated rings. The van der Waals surface area contributed by atoms with E-state index in [-0.39, 0.29) is 42.3 Å². The monoisotopic (exact) mass is 428 g/mol. The molecule has 0 N–H and O–H groups in total. The third-order valence-electron chi connectivity index (χ3n) is 5.13. The van der Waals surface area contributed by atoms with Crippen molar-refractivity contribution >= 4 is 7.82 Å². The number of hydrogen-bond acceptors (Lipinski definition) is 4. The van der Waals surface area contributed by atoms with Crippen LogP contribution in [-0.4, -0.2) is 12.7 Å². The van der Waals surface area contributed by atoms with Gasteiger partial charge in [-0.05, 0) is 19.8 Å². The first kappa shape index (κ1) is 31.3. The molecular weight excluding hydrogens is 382 g/mol. The first-order chi connectivity index (χ1) is 13.0. The molecule has 0 aliphatic heterocycles. The van der Waals surface area contributed by atoms with Crippen molar-refractivity contribution in [2.45, 2.75) is 136 Å². The van der Waals surface area contributed by atoms with Gasteiger partial charge in [-0.25, -0.2) is 0 Å². The number of phosphoric acid groups is 1. The van der Waals surface area contributed by atoms with E-state index in [4.69, 9.17) is 9.05 Å². The van der Waals surface area contributed by atoms with Crippen LogP contribution in [0.2, 0.25) is 0 Å². The fourth-order valence-electron chi connectivity index (χ4n) is 3.15. The van der Waals surface area contributed by atoms with Gasteiger partial charge in [-0.2, -0.15) is 0 Å². The second-order valence-corrected chi connectivity index (χ2v) is 9.27. The van der Waals surface area contributed by atoms with Crippen LogP contribution >= 0.6 is 7.82 Å². The molecule has 4 nitrogen and oxygen atoms in total. The Morgan fingerprint density at radius 3 is 1.43 bits per heavy atom. The molecule has 2 unspecified atom stereocenters. The number of phosphoric ester groups is 1. The van der Waals surface area contributed by atoms with Gasteiger partial charge in [-0.1, -0.05) is 110 Å². The van der Waals surface area contributed by atoms with Gasteiger partial charge in [-0.3, -0.25) is 4.57 Å². The van der Waals surface area contributed by atoms with Crippen LogP contribution in [0.1, 0.15) is 130 Å². The average Bonchev–Trinajstić information content (AvgIpc) is 2.63. The fraction of sp³-hybridized carbons (Fsp3) is 1.00. The minimum absolute atomic E-state index is 0. The Labute approximate surface area is 197 Å². The summed E-state index contributed by atoms with van der Waals surface area (Å²) in [5.74, 6) is 0. The van der Waals surface area contributed by atoms with Crippen molar-refractivity contribution in [2.75, 3.05) is 6.61 Å². The van der Waals surface area contributed by atoms with Gasteiger partial charge in [0.05, 0.1) is 12.7 Å². The number of rotatable bonds is 21. The Morgan fingerprint density at radius 2 is 1.07 bits per heavy atom. The molecule has 0 saturated heterocycles. The van der Waals surface area contributed by atoms with Crippen LogP contribution in [0.3, 0.4) is 0 Å². The number of hydrogen-bond donors (Lipinski definition) is 0. The minimum Gasteiger partial charge on any atom is -0.756 e. The van der Waals surface area contributed by atoms with Crippen LogP contribution in [0, 0.1) is 0 Å². The normalized spacial score (nSPS) is 14.4. The van der Waals surface area contributed by atoms with E-state index in [0.29, 0.717) is 6.42 Å². The predicted molar refractivity (Wildman–Crippen MR) is 114 cm³/mol. The van der Waals surface area contributed by atoms with Gasteiger partial charge < -0.3 is 13.9 Å². The Bertz CT molecular complexity index is 355. The van der Waals surface area contributed by atoms with Gasteiger partial charge in [-0.15, -0.1) is 0 Å². The molecule has 0 aromatic heterocycles. The topological polar surface area (TPSA) is 58.6 Å². The van der Waals surface area contributed by atoms with Crippen molar-refractivity contribution in [3.05, 3.63) is 0 Å². The molecule has 0 aromatic rings. The van der Waals surface area contributed by atoms with Gasteiger partial charge in [0.1, 0.15) is 0 Å². The molecule has 6 heteroatoms. The van der Waals surface area contributed by atoms with Crippen molar-refractivity contribution in [2.24, 2.45) is 0 Å². The largest absolute Gasteiger partial charge is 1.00 e. The maximum Gasteiger partial charge on any atom is 1.00 e. The molecule has 0 heterocycles. The molecule has 0 saturated carbocycles. The third-order valence-corrected chi connectivity index (χ3v) is 6.25. The second-order valence-electron chi connectivity index (χ2n) is 7.91. The number of unbranched alkanes of at least 4 members (excludes halogenated alkanes) is 15. The molecule has 28 heavy (non-hydrogen) atoms. The maximum absolute atomic E-state index is 11.5. The van der Waals surface area contributed by atoms with Crippen LogP contribution in [-0.2, 0) is 13.6 Å². The minimum atomic E-state index is -4.11. The van der Waals surface area contributed by atoms with Gasteiger partial charge in [0, 0.05) is 0 Å². The Balaban J connectivity index is 0. The zero-order chi connectivity index (χ0) is 20.2. The van der Waals surface area contributed by atoms with Crippen molar-refractivity contribution < 1.29 is 48.1 Å². The molecule has 0 aliphatic carbocycles. The van der Waals surface area contributed by atoms with E-state index in [1.165, 1.54) is 83.5 Å². The van der Waals surface area contributed by atoms with Crippen LogP contribution in [0.15, 0.2) is 0 Å².